The van der Waals surface area contributed by atoms with Gasteiger partial charge in [0.2, 0.25) is 0 Å². The molecule has 1 fully saturated rings. The van der Waals surface area contributed by atoms with Crippen molar-refractivity contribution in [2.75, 3.05) is 38.1 Å². The maximum absolute atomic E-state index is 12.4. The molecule has 0 aliphatic carbocycles. The second-order valence-electron chi connectivity index (χ2n) is 5.96. The predicted octanol–water partition coefficient (Wildman–Crippen LogP) is 2.08. The van der Waals surface area contributed by atoms with Crippen LogP contribution in [0.1, 0.15) is 6.92 Å². The van der Waals surface area contributed by atoms with Gasteiger partial charge in [0.25, 0.3) is 0 Å². The summed E-state index contributed by atoms with van der Waals surface area (Å²) in [7, 11) is 0. The van der Waals surface area contributed by atoms with Crippen molar-refractivity contribution < 1.29 is 19.1 Å². The number of carbonyl (C=O) groups is 3. The molecule has 1 aliphatic rings. The zero-order valence-corrected chi connectivity index (χ0v) is 14.6. The molecule has 0 unspecified atom stereocenters. The molecule has 0 atom stereocenters. The van der Waals surface area contributed by atoms with Crippen molar-refractivity contribution in [2.45, 2.75) is 6.92 Å². The Morgan fingerprint density at radius 2 is 1.62 bits per heavy atom. The van der Waals surface area contributed by atoms with E-state index in [9.17, 15) is 14.4 Å². The molecule has 1 N–H and O–H groups in total. The van der Waals surface area contributed by atoms with Crippen molar-refractivity contribution in [3.8, 4) is 0 Å². The third-order valence-corrected chi connectivity index (χ3v) is 4.32. The second kappa shape index (κ2) is 7.86. The summed E-state index contributed by atoms with van der Waals surface area (Å²) in [5, 5.41) is 4.57. The van der Waals surface area contributed by atoms with Gasteiger partial charge in [-0.3, -0.25) is 9.59 Å². The highest BCUT2D eigenvalue weighted by Crippen LogP contribution is 2.23. The summed E-state index contributed by atoms with van der Waals surface area (Å²) in [6.07, 6.45) is -0.389. The van der Waals surface area contributed by atoms with Gasteiger partial charge in [-0.15, -0.1) is 0 Å². The fraction of sp³-hybridized carbons (Fsp3) is 0.316. The largest absolute Gasteiger partial charge is 0.450 e. The average molecular weight is 355 g/mol. The van der Waals surface area contributed by atoms with Gasteiger partial charge in [0.1, 0.15) is 0 Å². The van der Waals surface area contributed by atoms with E-state index in [1.807, 2.05) is 36.4 Å². The summed E-state index contributed by atoms with van der Waals surface area (Å²) in [6, 6.07) is 13.2. The van der Waals surface area contributed by atoms with Gasteiger partial charge in [0.15, 0.2) is 0 Å². The molecule has 136 valence electrons. The summed E-state index contributed by atoms with van der Waals surface area (Å²) in [4.78, 5) is 39.5. The van der Waals surface area contributed by atoms with Crippen LogP contribution in [0.25, 0.3) is 10.8 Å². The van der Waals surface area contributed by atoms with Crippen molar-refractivity contribution in [3.05, 3.63) is 42.5 Å². The lowest BCUT2D eigenvalue weighted by molar-refractivity contribution is -0.144. The number of fused-ring (bicyclic) bond motifs is 1. The number of piperazine rings is 1. The van der Waals surface area contributed by atoms with Crippen molar-refractivity contribution in [3.63, 3.8) is 0 Å². The molecule has 1 aliphatic heterocycles. The first kappa shape index (κ1) is 17.7. The Labute approximate surface area is 151 Å². The molecular weight excluding hydrogens is 334 g/mol. The summed E-state index contributed by atoms with van der Waals surface area (Å²) >= 11 is 0. The van der Waals surface area contributed by atoms with Crippen LogP contribution >= 0.6 is 0 Å². The van der Waals surface area contributed by atoms with Crippen LogP contribution < -0.4 is 5.32 Å². The lowest BCUT2D eigenvalue weighted by Crippen LogP contribution is -2.53. The van der Waals surface area contributed by atoms with Crippen molar-refractivity contribution in [1.29, 1.82) is 0 Å². The number of amides is 3. The number of nitrogens with one attached hydrogen (secondary N) is 1. The fourth-order valence-electron chi connectivity index (χ4n) is 2.96. The SMILES string of the molecule is CCOC(=O)N1CCN(C(=O)C(=O)Nc2cccc3ccccc23)CC1. The summed E-state index contributed by atoms with van der Waals surface area (Å²) in [6.45, 7) is 3.38. The first-order valence-electron chi connectivity index (χ1n) is 8.60. The molecule has 3 rings (SSSR count). The Balaban J connectivity index is 1.62. The van der Waals surface area contributed by atoms with E-state index >= 15 is 0 Å². The number of ether oxygens (including phenoxy) is 1. The molecule has 1 heterocycles. The molecule has 0 saturated carbocycles. The van der Waals surface area contributed by atoms with Gasteiger partial charge in [-0.1, -0.05) is 36.4 Å². The van der Waals surface area contributed by atoms with Crippen LogP contribution in [0.15, 0.2) is 42.5 Å². The number of hydrogen-bond acceptors (Lipinski definition) is 4. The molecule has 0 bridgehead atoms. The zero-order chi connectivity index (χ0) is 18.5. The van der Waals surface area contributed by atoms with Crippen LogP contribution in [-0.4, -0.2) is 60.5 Å². The minimum atomic E-state index is -0.675. The molecular formula is C19H21N3O4. The van der Waals surface area contributed by atoms with Gasteiger partial charge < -0.3 is 19.9 Å². The van der Waals surface area contributed by atoms with E-state index in [1.54, 1.807) is 13.0 Å². The average Bonchev–Trinajstić information content (AvgIpc) is 2.68. The zero-order valence-electron chi connectivity index (χ0n) is 14.6. The van der Waals surface area contributed by atoms with E-state index in [0.29, 0.717) is 38.5 Å². The molecule has 0 spiro atoms. The van der Waals surface area contributed by atoms with Crippen LogP contribution in [0.3, 0.4) is 0 Å². The summed E-state index contributed by atoms with van der Waals surface area (Å²) < 4.78 is 4.95. The highest BCUT2D eigenvalue weighted by atomic mass is 16.6. The molecule has 7 nitrogen and oxygen atoms in total. The highest BCUT2D eigenvalue weighted by molar-refractivity contribution is 6.40. The second-order valence-corrected chi connectivity index (χ2v) is 5.96. The Morgan fingerprint density at radius 1 is 0.962 bits per heavy atom. The molecule has 2 aromatic rings. The first-order chi connectivity index (χ1) is 12.6. The number of hydrogen-bond donors (Lipinski definition) is 1. The van der Waals surface area contributed by atoms with E-state index in [-0.39, 0.29) is 6.09 Å². The molecule has 2 aromatic carbocycles. The standard InChI is InChI=1S/C19H21N3O4/c1-2-26-19(25)22-12-10-21(11-13-22)18(24)17(23)20-16-9-5-7-14-6-3-4-8-15(14)16/h3-9H,2,10-13H2,1H3,(H,20,23). The fourth-order valence-corrected chi connectivity index (χ4v) is 2.96. The Morgan fingerprint density at radius 3 is 2.35 bits per heavy atom. The number of benzene rings is 2. The Kier molecular flexibility index (Phi) is 5.36. The molecule has 1 saturated heterocycles. The Hall–Kier alpha value is -3.09. The highest BCUT2D eigenvalue weighted by Gasteiger charge is 2.28. The third-order valence-electron chi connectivity index (χ3n) is 4.32. The molecule has 26 heavy (non-hydrogen) atoms. The van der Waals surface area contributed by atoms with Crippen molar-refractivity contribution in [1.82, 2.24) is 9.80 Å². The van der Waals surface area contributed by atoms with Gasteiger partial charge in [0.05, 0.1) is 6.61 Å². The number of nitrogens with zero attached hydrogens (tertiary/aromatic N) is 2. The summed E-state index contributed by atoms with van der Waals surface area (Å²) in [5.74, 6) is -1.27. The summed E-state index contributed by atoms with van der Waals surface area (Å²) in [5.41, 5.74) is 0.603. The minimum absolute atomic E-state index is 0.306. The van der Waals surface area contributed by atoms with Gasteiger partial charge in [-0.25, -0.2) is 4.79 Å². The number of anilines is 1. The van der Waals surface area contributed by atoms with Crippen LogP contribution in [0, 0.1) is 0 Å². The van der Waals surface area contributed by atoms with E-state index in [4.69, 9.17) is 4.74 Å². The van der Waals surface area contributed by atoms with E-state index < -0.39 is 11.8 Å². The van der Waals surface area contributed by atoms with Crippen LogP contribution in [0.5, 0.6) is 0 Å². The molecule has 7 heteroatoms. The number of rotatable bonds is 2. The quantitative estimate of drug-likeness (QED) is 0.837. The maximum atomic E-state index is 12.4. The van der Waals surface area contributed by atoms with Gasteiger partial charge >= 0.3 is 17.9 Å². The molecule has 0 radical (unpaired) electrons. The van der Waals surface area contributed by atoms with E-state index in [1.165, 1.54) is 9.80 Å². The lowest BCUT2D eigenvalue weighted by Gasteiger charge is -2.33. The van der Waals surface area contributed by atoms with Gasteiger partial charge in [0, 0.05) is 37.3 Å². The maximum Gasteiger partial charge on any atom is 0.409 e. The minimum Gasteiger partial charge on any atom is -0.450 e. The van der Waals surface area contributed by atoms with Crippen LogP contribution in [0.4, 0.5) is 10.5 Å². The van der Waals surface area contributed by atoms with Crippen LogP contribution in [-0.2, 0) is 14.3 Å². The Bertz CT molecular complexity index is 823. The van der Waals surface area contributed by atoms with Crippen molar-refractivity contribution >= 4 is 34.4 Å². The third kappa shape index (κ3) is 3.77. The number of carbonyl (C=O) groups excluding carboxylic acids is 3. The topological polar surface area (TPSA) is 79.0 Å². The van der Waals surface area contributed by atoms with E-state index in [2.05, 4.69) is 5.32 Å². The molecule has 0 aromatic heterocycles. The monoisotopic (exact) mass is 355 g/mol. The van der Waals surface area contributed by atoms with Gasteiger partial charge in [-0.2, -0.15) is 0 Å². The van der Waals surface area contributed by atoms with Crippen molar-refractivity contribution in [2.24, 2.45) is 0 Å². The smallest absolute Gasteiger partial charge is 0.409 e. The van der Waals surface area contributed by atoms with E-state index in [0.717, 1.165) is 10.8 Å². The van der Waals surface area contributed by atoms with Gasteiger partial charge in [-0.05, 0) is 18.4 Å². The normalized spacial score (nSPS) is 14.2. The predicted molar refractivity (Wildman–Crippen MR) is 97.8 cm³/mol. The molecule has 3 amide bonds. The van der Waals surface area contributed by atoms with Crippen LogP contribution in [0.2, 0.25) is 0 Å². The lowest BCUT2D eigenvalue weighted by atomic mass is 10.1. The first-order valence-corrected chi connectivity index (χ1v) is 8.60.